The number of nitrogens with one attached hydrogen (secondary N) is 2. The van der Waals surface area contributed by atoms with E-state index >= 15 is 0 Å². The second-order valence-electron chi connectivity index (χ2n) is 4.73. The molecule has 0 heterocycles. The fourth-order valence-electron chi connectivity index (χ4n) is 1.91. The highest BCUT2D eigenvalue weighted by Crippen LogP contribution is 2.12. The third-order valence-electron chi connectivity index (χ3n) is 3.12. The monoisotopic (exact) mass is 315 g/mol. The first kappa shape index (κ1) is 16.0. The highest BCUT2D eigenvalue weighted by Gasteiger charge is 2.15. The number of halogens is 1. The largest absolute Gasteiger partial charge is 0.374 e. The Morgan fingerprint density at radius 3 is 2.55 bits per heavy atom. The minimum atomic E-state index is -0.342. The van der Waals surface area contributed by atoms with Gasteiger partial charge in [0.2, 0.25) is 0 Å². The first-order chi connectivity index (χ1) is 10.7. The summed E-state index contributed by atoms with van der Waals surface area (Å²) in [6, 6.07) is 16.6. The van der Waals surface area contributed by atoms with Gasteiger partial charge < -0.3 is 5.32 Å². The second-order valence-corrected chi connectivity index (χ2v) is 5.13. The zero-order valence-electron chi connectivity index (χ0n) is 12.3. The van der Waals surface area contributed by atoms with Crippen LogP contribution in [0.3, 0.4) is 0 Å². The Hall–Kier alpha value is -2.33. The smallest absolute Gasteiger partial charge is 0.262 e. The molecule has 0 bridgehead atoms. The zero-order valence-corrected chi connectivity index (χ0v) is 13.0. The van der Waals surface area contributed by atoms with Crippen LogP contribution in [0.4, 0.5) is 5.69 Å². The maximum absolute atomic E-state index is 12.1. The lowest BCUT2D eigenvalue weighted by atomic mass is 10.2. The number of anilines is 1. The van der Waals surface area contributed by atoms with Gasteiger partial charge in [-0.1, -0.05) is 54.9 Å². The van der Waals surface area contributed by atoms with Crippen LogP contribution in [0.25, 0.3) is 0 Å². The van der Waals surface area contributed by atoms with Crippen molar-refractivity contribution in [2.75, 3.05) is 5.32 Å². The van der Waals surface area contributed by atoms with Crippen LogP contribution in [-0.4, -0.2) is 18.2 Å². The van der Waals surface area contributed by atoms with Crippen molar-refractivity contribution < 1.29 is 4.79 Å². The molecule has 0 spiro atoms. The van der Waals surface area contributed by atoms with Crippen LogP contribution < -0.4 is 10.7 Å². The standard InChI is InChI=1S/C17H18ClN3O/c1-2-16(20-14-9-4-3-5-10-14)17(22)21-19-12-13-8-6-7-11-15(13)18/h3-12,16,20H,2H2,1H3,(H,21,22). The molecule has 5 heteroatoms. The predicted molar refractivity (Wildman–Crippen MR) is 91.3 cm³/mol. The highest BCUT2D eigenvalue weighted by atomic mass is 35.5. The van der Waals surface area contributed by atoms with Crippen LogP contribution in [0, 0.1) is 0 Å². The Bertz CT molecular complexity index is 643. The number of hydrogen-bond acceptors (Lipinski definition) is 3. The van der Waals surface area contributed by atoms with E-state index in [2.05, 4.69) is 15.8 Å². The van der Waals surface area contributed by atoms with Crippen LogP contribution >= 0.6 is 11.6 Å². The quantitative estimate of drug-likeness (QED) is 0.631. The summed E-state index contributed by atoms with van der Waals surface area (Å²) in [7, 11) is 0. The van der Waals surface area contributed by atoms with E-state index in [1.807, 2.05) is 55.5 Å². The number of rotatable bonds is 6. The number of carbonyl (C=O) groups is 1. The molecule has 4 nitrogen and oxygen atoms in total. The molecule has 0 aromatic heterocycles. The summed E-state index contributed by atoms with van der Waals surface area (Å²) >= 11 is 6.02. The Labute approximate surface area is 135 Å². The summed E-state index contributed by atoms with van der Waals surface area (Å²) in [5.41, 5.74) is 4.20. The molecule has 0 aliphatic carbocycles. The fourth-order valence-corrected chi connectivity index (χ4v) is 2.10. The van der Waals surface area contributed by atoms with Gasteiger partial charge in [0, 0.05) is 16.3 Å². The van der Waals surface area contributed by atoms with Crippen molar-refractivity contribution >= 4 is 29.4 Å². The Morgan fingerprint density at radius 1 is 1.18 bits per heavy atom. The van der Waals surface area contributed by atoms with Gasteiger partial charge in [0.15, 0.2) is 0 Å². The van der Waals surface area contributed by atoms with E-state index in [-0.39, 0.29) is 11.9 Å². The van der Waals surface area contributed by atoms with Crippen molar-refractivity contribution in [2.45, 2.75) is 19.4 Å². The van der Waals surface area contributed by atoms with Crippen molar-refractivity contribution in [3.05, 3.63) is 65.2 Å². The molecule has 0 radical (unpaired) electrons. The molecule has 1 atom stereocenters. The van der Waals surface area contributed by atoms with Gasteiger partial charge in [0.05, 0.1) is 6.21 Å². The van der Waals surface area contributed by atoms with Crippen molar-refractivity contribution in [3.8, 4) is 0 Å². The third-order valence-corrected chi connectivity index (χ3v) is 3.47. The van der Waals surface area contributed by atoms with Gasteiger partial charge in [-0.3, -0.25) is 4.79 Å². The van der Waals surface area contributed by atoms with Crippen LogP contribution in [0.15, 0.2) is 59.7 Å². The average Bonchev–Trinajstić information content (AvgIpc) is 2.55. The molecule has 1 amide bonds. The van der Waals surface area contributed by atoms with E-state index in [0.29, 0.717) is 11.4 Å². The maximum atomic E-state index is 12.1. The summed E-state index contributed by atoms with van der Waals surface area (Å²) in [6.07, 6.45) is 2.19. The maximum Gasteiger partial charge on any atom is 0.262 e. The number of benzene rings is 2. The lowest BCUT2D eigenvalue weighted by molar-refractivity contribution is -0.121. The first-order valence-corrected chi connectivity index (χ1v) is 7.47. The molecule has 2 aromatic carbocycles. The van der Waals surface area contributed by atoms with Crippen LogP contribution in [-0.2, 0) is 4.79 Å². The Morgan fingerprint density at radius 2 is 1.86 bits per heavy atom. The lowest BCUT2D eigenvalue weighted by Crippen LogP contribution is -2.36. The summed E-state index contributed by atoms with van der Waals surface area (Å²) < 4.78 is 0. The predicted octanol–water partition coefficient (Wildman–Crippen LogP) is 3.68. The third kappa shape index (κ3) is 4.60. The summed E-state index contributed by atoms with van der Waals surface area (Å²) in [5, 5.41) is 7.73. The first-order valence-electron chi connectivity index (χ1n) is 7.09. The van der Waals surface area contributed by atoms with E-state index in [0.717, 1.165) is 11.3 Å². The molecule has 2 rings (SSSR count). The molecular weight excluding hydrogens is 298 g/mol. The number of hydrogen-bond donors (Lipinski definition) is 2. The van der Waals surface area contributed by atoms with Gasteiger partial charge in [-0.25, -0.2) is 5.43 Å². The molecule has 114 valence electrons. The minimum absolute atomic E-state index is 0.186. The molecule has 0 saturated heterocycles. The van der Waals surface area contributed by atoms with Crippen molar-refractivity contribution in [3.63, 3.8) is 0 Å². The zero-order chi connectivity index (χ0) is 15.8. The summed E-state index contributed by atoms with van der Waals surface area (Å²) in [6.45, 7) is 1.94. The van der Waals surface area contributed by atoms with Crippen LogP contribution in [0.1, 0.15) is 18.9 Å². The Balaban J connectivity index is 1.94. The summed E-state index contributed by atoms with van der Waals surface area (Å²) in [5.74, 6) is -0.186. The summed E-state index contributed by atoms with van der Waals surface area (Å²) in [4.78, 5) is 12.1. The molecule has 2 N–H and O–H groups in total. The number of carbonyl (C=O) groups excluding carboxylic acids is 1. The van der Waals surface area contributed by atoms with Crippen LogP contribution in [0.5, 0.6) is 0 Å². The fraction of sp³-hybridized carbons (Fsp3) is 0.176. The van der Waals surface area contributed by atoms with Crippen molar-refractivity contribution in [2.24, 2.45) is 5.10 Å². The average molecular weight is 316 g/mol. The van der Waals surface area contributed by atoms with E-state index in [1.54, 1.807) is 6.07 Å². The molecule has 0 aliphatic heterocycles. The molecule has 1 unspecified atom stereocenters. The Kier molecular flexibility index (Phi) is 5.98. The van der Waals surface area contributed by atoms with Crippen molar-refractivity contribution in [1.82, 2.24) is 5.43 Å². The number of amides is 1. The SMILES string of the molecule is CCC(Nc1ccccc1)C(=O)NN=Cc1ccccc1Cl. The van der Waals surface area contributed by atoms with Gasteiger partial charge in [-0.2, -0.15) is 5.10 Å². The topological polar surface area (TPSA) is 53.5 Å². The van der Waals surface area contributed by atoms with E-state index < -0.39 is 0 Å². The number of hydrazone groups is 1. The minimum Gasteiger partial charge on any atom is -0.374 e. The van der Waals surface area contributed by atoms with Gasteiger partial charge in [-0.05, 0) is 24.6 Å². The van der Waals surface area contributed by atoms with Crippen LogP contribution in [0.2, 0.25) is 5.02 Å². The van der Waals surface area contributed by atoms with E-state index in [9.17, 15) is 4.79 Å². The highest BCUT2D eigenvalue weighted by molar-refractivity contribution is 6.33. The van der Waals surface area contributed by atoms with Crippen molar-refractivity contribution in [1.29, 1.82) is 0 Å². The van der Waals surface area contributed by atoms with Gasteiger partial charge in [-0.15, -0.1) is 0 Å². The normalized spacial score (nSPS) is 12.1. The molecular formula is C17H18ClN3O. The number of nitrogens with zero attached hydrogens (tertiary/aromatic N) is 1. The van der Waals surface area contributed by atoms with E-state index in [4.69, 9.17) is 11.6 Å². The number of para-hydroxylation sites is 1. The second kappa shape index (κ2) is 8.20. The van der Waals surface area contributed by atoms with Gasteiger partial charge in [0.25, 0.3) is 5.91 Å². The molecule has 0 aliphatic rings. The molecule has 0 fully saturated rings. The molecule has 2 aromatic rings. The lowest BCUT2D eigenvalue weighted by Gasteiger charge is -2.16. The molecule has 22 heavy (non-hydrogen) atoms. The molecule has 0 saturated carbocycles. The van der Waals surface area contributed by atoms with E-state index in [1.165, 1.54) is 6.21 Å². The van der Waals surface area contributed by atoms with Gasteiger partial charge in [0.1, 0.15) is 6.04 Å². The van der Waals surface area contributed by atoms with Gasteiger partial charge >= 0.3 is 0 Å².